The minimum atomic E-state index is -0.475. The smallest absolute Gasteiger partial charge is 0.119 e. The van der Waals surface area contributed by atoms with E-state index >= 15 is 0 Å². The lowest BCUT2D eigenvalue weighted by atomic mass is 10.0. The Morgan fingerprint density at radius 1 is 0.417 bits per heavy atom. The maximum absolute atomic E-state index is 9.42. The second kappa shape index (κ2) is 19.9. The zero-order chi connectivity index (χ0) is 34.1. The van der Waals surface area contributed by atoms with Crippen LogP contribution in [0.25, 0.3) is 22.3 Å². The number of hydrogen-bond donors (Lipinski definition) is 2. The van der Waals surface area contributed by atoms with Crippen LogP contribution < -0.4 is 9.47 Å². The first-order chi connectivity index (χ1) is 23.3. The molecule has 0 bridgehead atoms. The summed E-state index contributed by atoms with van der Waals surface area (Å²) in [6.45, 7) is 10.9. The maximum Gasteiger partial charge on any atom is 0.119 e. The van der Waals surface area contributed by atoms with E-state index in [4.69, 9.17) is 28.4 Å². The molecule has 0 amide bonds. The molecule has 0 aliphatic rings. The highest BCUT2D eigenvalue weighted by atomic mass is 16.6. The van der Waals surface area contributed by atoms with Gasteiger partial charge in [-0.15, -0.1) is 0 Å². The Bertz CT molecular complexity index is 1320. The van der Waals surface area contributed by atoms with Crippen molar-refractivity contribution in [3.05, 3.63) is 108 Å². The molecule has 0 saturated carbocycles. The third kappa shape index (κ3) is 12.7. The van der Waals surface area contributed by atoms with Crippen molar-refractivity contribution in [2.75, 3.05) is 52.9 Å². The summed E-state index contributed by atoms with van der Waals surface area (Å²) < 4.78 is 34.3. The number of hydrogen-bond acceptors (Lipinski definition) is 8. The highest BCUT2D eigenvalue weighted by molar-refractivity contribution is 5.65. The number of benzene rings is 4. The van der Waals surface area contributed by atoms with Crippen LogP contribution in [0.15, 0.2) is 97.1 Å². The fraction of sp³-hybridized carbons (Fsp3) is 0.400. The van der Waals surface area contributed by atoms with Crippen LogP contribution in [0, 0.1) is 0 Å². The van der Waals surface area contributed by atoms with Gasteiger partial charge >= 0.3 is 0 Å². The summed E-state index contributed by atoms with van der Waals surface area (Å²) in [6, 6.07) is 32.6. The SMILES string of the molecule is CC(O)COC(C)c1ccc(-c2ccc(OCCOCCOCCOc3ccc(-c4ccc(C(C)OCC(C)O)cc4)cc3)cc2)cc1. The van der Waals surface area contributed by atoms with E-state index < -0.39 is 12.2 Å². The number of ether oxygens (including phenoxy) is 6. The van der Waals surface area contributed by atoms with Crippen molar-refractivity contribution in [2.45, 2.75) is 52.1 Å². The monoisotopic (exact) mass is 658 g/mol. The van der Waals surface area contributed by atoms with E-state index in [1.165, 1.54) is 0 Å². The summed E-state index contributed by atoms with van der Waals surface area (Å²) in [4.78, 5) is 0. The Morgan fingerprint density at radius 2 is 0.708 bits per heavy atom. The molecular formula is C40H50O8. The first kappa shape index (κ1) is 37.1. The maximum atomic E-state index is 9.42. The van der Waals surface area contributed by atoms with E-state index in [1.807, 2.05) is 62.4 Å². The lowest BCUT2D eigenvalue weighted by molar-refractivity contribution is 0.00449. The Hall–Kier alpha value is -3.76. The molecule has 4 aromatic rings. The first-order valence-corrected chi connectivity index (χ1v) is 16.7. The lowest BCUT2D eigenvalue weighted by Crippen LogP contribution is -2.13. The molecule has 0 spiro atoms. The molecule has 8 heteroatoms. The van der Waals surface area contributed by atoms with Crippen molar-refractivity contribution in [2.24, 2.45) is 0 Å². The standard InChI is InChI=1S/C40H50O8/c1-29(41)27-47-31(3)33-5-9-35(10-6-33)37-13-17-39(18-14-37)45-25-23-43-21-22-44-24-26-46-40-19-15-38(16-20-40)36-11-7-34(8-12-36)32(4)48-28-30(2)42/h5-20,29-32,41-42H,21-28H2,1-4H3. The van der Waals surface area contributed by atoms with Crippen LogP contribution in [0.4, 0.5) is 0 Å². The van der Waals surface area contributed by atoms with Gasteiger partial charge < -0.3 is 38.6 Å². The minimum absolute atomic E-state index is 0.0717. The molecule has 2 N–H and O–H groups in total. The van der Waals surface area contributed by atoms with Crippen LogP contribution >= 0.6 is 0 Å². The van der Waals surface area contributed by atoms with Crippen LogP contribution in [0.2, 0.25) is 0 Å². The highest BCUT2D eigenvalue weighted by Crippen LogP contribution is 2.27. The van der Waals surface area contributed by atoms with Crippen molar-refractivity contribution in [3.8, 4) is 33.8 Å². The van der Waals surface area contributed by atoms with Crippen molar-refractivity contribution in [1.82, 2.24) is 0 Å². The Morgan fingerprint density at radius 3 is 1.02 bits per heavy atom. The van der Waals surface area contributed by atoms with Gasteiger partial charge in [-0.1, -0.05) is 72.8 Å². The molecule has 258 valence electrons. The fourth-order valence-corrected chi connectivity index (χ4v) is 4.90. The van der Waals surface area contributed by atoms with Gasteiger partial charge in [0.25, 0.3) is 0 Å². The van der Waals surface area contributed by atoms with Crippen molar-refractivity contribution >= 4 is 0 Å². The van der Waals surface area contributed by atoms with Crippen LogP contribution in [-0.2, 0) is 18.9 Å². The summed E-state index contributed by atoms with van der Waals surface area (Å²) in [6.07, 6.45) is -1.09. The molecule has 4 aromatic carbocycles. The molecule has 48 heavy (non-hydrogen) atoms. The lowest BCUT2D eigenvalue weighted by Gasteiger charge is -2.15. The van der Waals surface area contributed by atoms with E-state index in [2.05, 4.69) is 48.5 Å². The molecular weight excluding hydrogens is 608 g/mol. The molecule has 4 rings (SSSR count). The van der Waals surface area contributed by atoms with E-state index in [0.717, 1.165) is 44.9 Å². The largest absolute Gasteiger partial charge is 0.491 e. The van der Waals surface area contributed by atoms with Crippen LogP contribution in [0.3, 0.4) is 0 Å². The van der Waals surface area contributed by atoms with Gasteiger partial charge in [0.2, 0.25) is 0 Å². The van der Waals surface area contributed by atoms with Gasteiger partial charge in [-0.3, -0.25) is 0 Å². The normalized spacial score (nSPS) is 13.9. The van der Waals surface area contributed by atoms with Crippen molar-refractivity contribution in [3.63, 3.8) is 0 Å². The summed E-state index contributed by atoms with van der Waals surface area (Å²) in [5.41, 5.74) is 6.59. The summed E-state index contributed by atoms with van der Waals surface area (Å²) in [5, 5.41) is 18.8. The van der Waals surface area contributed by atoms with Crippen LogP contribution in [0.5, 0.6) is 11.5 Å². The topological polar surface area (TPSA) is 95.8 Å². The van der Waals surface area contributed by atoms with Gasteiger partial charge in [0.05, 0.1) is 64.1 Å². The van der Waals surface area contributed by atoms with Crippen LogP contribution in [-0.4, -0.2) is 75.3 Å². The summed E-state index contributed by atoms with van der Waals surface area (Å²) >= 11 is 0. The zero-order valence-corrected chi connectivity index (χ0v) is 28.5. The second-order valence-corrected chi connectivity index (χ2v) is 11.9. The zero-order valence-electron chi connectivity index (χ0n) is 28.5. The first-order valence-electron chi connectivity index (χ1n) is 16.7. The molecule has 0 aliphatic carbocycles. The quantitative estimate of drug-likeness (QED) is 0.0893. The highest BCUT2D eigenvalue weighted by Gasteiger charge is 2.10. The molecule has 0 aliphatic heterocycles. The summed E-state index contributed by atoms with van der Waals surface area (Å²) in [5.74, 6) is 1.59. The average Bonchev–Trinajstić information content (AvgIpc) is 3.11. The number of aliphatic hydroxyl groups excluding tert-OH is 2. The molecule has 0 radical (unpaired) electrons. The molecule has 0 saturated heterocycles. The third-order valence-electron chi connectivity index (χ3n) is 7.68. The van der Waals surface area contributed by atoms with E-state index in [1.54, 1.807) is 13.8 Å². The molecule has 0 heterocycles. The predicted octanol–water partition coefficient (Wildman–Crippen LogP) is 7.43. The predicted molar refractivity (Wildman–Crippen MR) is 188 cm³/mol. The third-order valence-corrected chi connectivity index (χ3v) is 7.68. The molecule has 8 nitrogen and oxygen atoms in total. The van der Waals surface area contributed by atoms with Gasteiger partial charge in [-0.25, -0.2) is 0 Å². The Labute approximate surface area is 285 Å². The van der Waals surface area contributed by atoms with E-state index in [-0.39, 0.29) is 12.2 Å². The molecule has 4 unspecified atom stereocenters. The van der Waals surface area contributed by atoms with E-state index in [9.17, 15) is 10.2 Å². The molecule has 0 fully saturated rings. The van der Waals surface area contributed by atoms with Gasteiger partial charge in [-0.2, -0.15) is 0 Å². The second-order valence-electron chi connectivity index (χ2n) is 11.9. The minimum Gasteiger partial charge on any atom is -0.491 e. The van der Waals surface area contributed by atoms with E-state index in [0.29, 0.717) is 52.9 Å². The molecule has 4 atom stereocenters. The van der Waals surface area contributed by atoms with Crippen LogP contribution in [0.1, 0.15) is 51.0 Å². The van der Waals surface area contributed by atoms with Gasteiger partial charge in [0, 0.05) is 0 Å². The summed E-state index contributed by atoms with van der Waals surface area (Å²) in [7, 11) is 0. The van der Waals surface area contributed by atoms with Gasteiger partial charge in [0.15, 0.2) is 0 Å². The Balaban J connectivity index is 1.04. The van der Waals surface area contributed by atoms with Gasteiger partial charge in [0.1, 0.15) is 24.7 Å². The number of aliphatic hydroxyl groups is 2. The van der Waals surface area contributed by atoms with Crippen molar-refractivity contribution in [1.29, 1.82) is 0 Å². The van der Waals surface area contributed by atoms with Gasteiger partial charge in [-0.05, 0) is 85.3 Å². The Kier molecular flexibility index (Phi) is 15.4. The van der Waals surface area contributed by atoms with Crippen molar-refractivity contribution < 1.29 is 38.6 Å². The fourth-order valence-electron chi connectivity index (χ4n) is 4.90. The number of rotatable bonds is 21. The average molecular weight is 659 g/mol. The molecule has 0 aromatic heterocycles.